The average molecular weight is 206 g/mol. The molecule has 1 fully saturated rings. The Kier molecular flexibility index (Phi) is 3.11. The smallest absolute Gasteiger partial charge is 0.0642 e. The summed E-state index contributed by atoms with van der Waals surface area (Å²) in [5.41, 5.74) is 9.38. The molecule has 15 heavy (non-hydrogen) atoms. The molecule has 1 saturated heterocycles. The minimum Gasteiger partial charge on any atom is -0.397 e. The van der Waals surface area contributed by atoms with Gasteiger partial charge in [-0.1, -0.05) is 13.0 Å². The SMILES string of the molecule is CCc1ccc(N2CCOCC2)c(N)c1. The Morgan fingerprint density at radius 3 is 2.67 bits per heavy atom. The third-order valence-electron chi connectivity index (χ3n) is 2.85. The van der Waals surface area contributed by atoms with E-state index in [-0.39, 0.29) is 0 Å². The molecular weight excluding hydrogens is 188 g/mol. The van der Waals surface area contributed by atoms with Gasteiger partial charge in [0, 0.05) is 13.1 Å². The quantitative estimate of drug-likeness (QED) is 0.748. The Balaban J connectivity index is 2.19. The van der Waals surface area contributed by atoms with Crippen LogP contribution in [0.2, 0.25) is 0 Å². The lowest BCUT2D eigenvalue weighted by atomic mass is 10.1. The molecular formula is C12H18N2O. The van der Waals surface area contributed by atoms with Crippen LogP contribution in [0.3, 0.4) is 0 Å². The Hall–Kier alpha value is -1.22. The molecule has 82 valence electrons. The van der Waals surface area contributed by atoms with Crippen molar-refractivity contribution in [3.05, 3.63) is 23.8 Å². The summed E-state index contributed by atoms with van der Waals surface area (Å²) in [6, 6.07) is 6.35. The first-order chi connectivity index (χ1) is 7.31. The minimum atomic E-state index is 0.801. The Morgan fingerprint density at radius 1 is 1.33 bits per heavy atom. The Bertz CT molecular complexity index is 332. The molecule has 2 N–H and O–H groups in total. The van der Waals surface area contributed by atoms with Crippen LogP contribution < -0.4 is 10.6 Å². The second kappa shape index (κ2) is 4.53. The maximum absolute atomic E-state index is 6.05. The minimum absolute atomic E-state index is 0.801. The van der Waals surface area contributed by atoms with Gasteiger partial charge in [-0.3, -0.25) is 0 Å². The zero-order valence-corrected chi connectivity index (χ0v) is 9.20. The molecule has 0 aliphatic carbocycles. The number of morpholine rings is 1. The van der Waals surface area contributed by atoms with Gasteiger partial charge in [0.25, 0.3) is 0 Å². The molecule has 0 aromatic heterocycles. The predicted octanol–water partition coefficient (Wildman–Crippen LogP) is 1.67. The highest BCUT2D eigenvalue weighted by Gasteiger charge is 2.13. The van der Waals surface area contributed by atoms with Crippen molar-refractivity contribution >= 4 is 11.4 Å². The Morgan fingerprint density at radius 2 is 2.07 bits per heavy atom. The first-order valence-corrected chi connectivity index (χ1v) is 5.52. The number of anilines is 2. The largest absolute Gasteiger partial charge is 0.397 e. The lowest BCUT2D eigenvalue weighted by molar-refractivity contribution is 0.123. The summed E-state index contributed by atoms with van der Waals surface area (Å²) in [5, 5.41) is 0. The standard InChI is InChI=1S/C12H18N2O/c1-2-10-3-4-12(11(13)9-10)14-5-7-15-8-6-14/h3-4,9H,2,5-8,13H2,1H3. The van der Waals surface area contributed by atoms with E-state index in [1.54, 1.807) is 0 Å². The van der Waals surface area contributed by atoms with Gasteiger partial charge in [-0.25, -0.2) is 0 Å². The Labute approximate surface area is 90.8 Å². The van der Waals surface area contributed by atoms with Gasteiger partial charge in [-0.15, -0.1) is 0 Å². The second-order valence-electron chi connectivity index (χ2n) is 3.85. The van der Waals surface area contributed by atoms with E-state index in [0.717, 1.165) is 44.1 Å². The van der Waals surface area contributed by atoms with Gasteiger partial charge in [0.1, 0.15) is 0 Å². The third kappa shape index (κ3) is 2.23. The zero-order valence-electron chi connectivity index (χ0n) is 9.20. The van der Waals surface area contributed by atoms with Crippen LogP contribution in [0.5, 0.6) is 0 Å². The van der Waals surface area contributed by atoms with Crippen LogP contribution in [0.15, 0.2) is 18.2 Å². The van der Waals surface area contributed by atoms with Crippen molar-refractivity contribution in [2.75, 3.05) is 36.9 Å². The van der Waals surface area contributed by atoms with Gasteiger partial charge in [-0.05, 0) is 24.1 Å². The molecule has 0 unspecified atom stereocenters. The lowest BCUT2D eigenvalue weighted by Gasteiger charge is -2.30. The summed E-state index contributed by atoms with van der Waals surface area (Å²) >= 11 is 0. The van der Waals surface area contributed by atoms with Crippen molar-refractivity contribution in [3.63, 3.8) is 0 Å². The number of ether oxygens (including phenoxy) is 1. The molecule has 2 rings (SSSR count). The summed E-state index contributed by atoms with van der Waals surface area (Å²) in [5.74, 6) is 0. The third-order valence-corrected chi connectivity index (χ3v) is 2.85. The fourth-order valence-corrected chi connectivity index (χ4v) is 1.92. The molecule has 0 saturated carbocycles. The molecule has 1 aliphatic rings. The maximum Gasteiger partial charge on any atom is 0.0642 e. The van der Waals surface area contributed by atoms with E-state index in [2.05, 4.69) is 30.0 Å². The summed E-state index contributed by atoms with van der Waals surface area (Å²) in [6.45, 7) is 5.62. The fraction of sp³-hybridized carbons (Fsp3) is 0.500. The number of hydrogen-bond donors (Lipinski definition) is 1. The van der Waals surface area contributed by atoms with Crippen molar-refractivity contribution in [3.8, 4) is 0 Å². The van der Waals surface area contributed by atoms with Gasteiger partial charge in [0.05, 0.1) is 24.6 Å². The van der Waals surface area contributed by atoms with Crippen LogP contribution in [-0.4, -0.2) is 26.3 Å². The van der Waals surface area contributed by atoms with Crippen LogP contribution >= 0.6 is 0 Å². The fourth-order valence-electron chi connectivity index (χ4n) is 1.92. The van der Waals surface area contributed by atoms with Crippen LogP contribution in [0, 0.1) is 0 Å². The highest BCUT2D eigenvalue weighted by Crippen LogP contribution is 2.25. The van der Waals surface area contributed by atoms with E-state index in [1.807, 2.05) is 0 Å². The highest BCUT2D eigenvalue weighted by molar-refractivity contribution is 5.68. The number of aryl methyl sites for hydroxylation is 1. The topological polar surface area (TPSA) is 38.5 Å². The van der Waals surface area contributed by atoms with Gasteiger partial charge in [0.2, 0.25) is 0 Å². The van der Waals surface area contributed by atoms with Crippen LogP contribution in [0.25, 0.3) is 0 Å². The van der Waals surface area contributed by atoms with Gasteiger partial charge < -0.3 is 15.4 Å². The predicted molar refractivity (Wildman–Crippen MR) is 63.3 cm³/mol. The summed E-state index contributed by atoms with van der Waals surface area (Å²) in [4.78, 5) is 2.29. The molecule has 0 radical (unpaired) electrons. The number of nitrogen functional groups attached to an aromatic ring is 1. The van der Waals surface area contributed by atoms with Crippen molar-refractivity contribution in [1.29, 1.82) is 0 Å². The first kappa shape index (κ1) is 10.3. The average Bonchev–Trinajstić information content (AvgIpc) is 2.30. The zero-order chi connectivity index (χ0) is 10.7. The first-order valence-electron chi connectivity index (χ1n) is 5.52. The van der Waals surface area contributed by atoms with E-state index >= 15 is 0 Å². The van der Waals surface area contributed by atoms with Crippen LogP contribution in [-0.2, 0) is 11.2 Å². The monoisotopic (exact) mass is 206 g/mol. The van der Waals surface area contributed by atoms with E-state index < -0.39 is 0 Å². The highest BCUT2D eigenvalue weighted by atomic mass is 16.5. The van der Waals surface area contributed by atoms with Gasteiger partial charge in [-0.2, -0.15) is 0 Å². The molecule has 0 amide bonds. The molecule has 1 aliphatic heterocycles. The molecule has 3 heteroatoms. The molecule has 0 spiro atoms. The van der Waals surface area contributed by atoms with Crippen molar-refractivity contribution < 1.29 is 4.74 Å². The lowest BCUT2D eigenvalue weighted by Crippen LogP contribution is -2.36. The summed E-state index contributed by atoms with van der Waals surface area (Å²) in [7, 11) is 0. The molecule has 1 aromatic rings. The maximum atomic E-state index is 6.05. The number of benzene rings is 1. The van der Waals surface area contributed by atoms with Gasteiger partial charge >= 0.3 is 0 Å². The number of hydrogen-bond acceptors (Lipinski definition) is 3. The van der Waals surface area contributed by atoms with Crippen LogP contribution in [0.4, 0.5) is 11.4 Å². The van der Waals surface area contributed by atoms with E-state index in [4.69, 9.17) is 10.5 Å². The number of rotatable bonds is 2. The molecule has 1 aromatic carbocycles. The van der Waals surface area contributed by atoms with E-state index in [1.165, 1.54) is 5.56 Å². The van der Waals surface area contributed by atoms with Crippen LogP contribution in [0.1, 0.15) is 12.5 Å². The summed E-state index contributed by atoms with van der Waals surface area (Å²) in [6.07, 6.45) is 1.04. The van der Waals surface area contributed by atoms with E-state index in [9.17, 15) is 0 Å². The van der Waals surface area contributed by atoms with Crippen molar-refractivity contribution in [2.45, 2.75) is 13.3 Å². The molecule has 0 bridgehead atoms. The summed E-state index contributed by atoms with van der Waals surface area (Å²) < 4.78 is 5.32. The normalized spacial score (nSPS) is 16.7. The molecule has 1 heterocycles. The molecule has 0 atom stereocenters. The number of nitrogens with zero attached hydrogens (tertiary/aromatic N) is 1. The van der Waals surface area contributed by atoms with Crippen molar-refractivity contribution in [1.82, 2.24) is 0 Å². The number of nitrogens with two attached hydrogens (primary N) is 1. The van der Waals surface area contributed by atoms with E-state index in [0.29, 0.717) is 0 Å². The van der Waals surface area contributed by atoms with Gasteiger partial charge in [0.15, 0.2) is 0 Å². The van der Waals surface area contributed by atoms with Crippen molar-refractivity contribution in [2.24, 2.45) is 0 Å². The molecule has 3 nitrogen and oxygen atoms in total. The second-order valence-corrected chi connectivity index (χ2v) is 3.85.